The number of hydrogen-bond donors (Lipinski definition) is 0. The molecule has 0 aliphatic carbocycles. The van der Waals surface area contributed by atoms with Crippen LogP contribution in [0.15, 0.2) is 11.1 Å². The molecule has 0 atom stereocenters. The van der Waals surface area contributed by atoms with Crippen LogP contribution in [0, 0.1) is 11.3 Å². The van der Waals surface area contributed by atoms with Gasteiger partial charge >= 0.3 is 0 Å². The summed E-state index contributed by atoms with van der Waals surface area (Å²) in [5, 5.41) is 8.46. The van der Waals surface area contributed by atoms with E-state index < -0.39 is 0 Å². The zero-order valence-corrected chi connectivity index (χ0v) is 8.56. The van der Waals surface area contributed by atoms with Gasteiger partial charge in [0.15, 0.2) is 0 Å². The Morgan fingerprint density at radius 3 is 2.55 bits per heavy atom. The van der Waals surface area contributed by atoms with Gasteiger partial charge in [0.1, 0.15) is 0 Å². The van der Waals surface area contributed by atoms with Gasteiger partial charge in [-0.1, -0.05) is 22.5 Å². The van der Waals surface area contributed by atoms with Crippen molar-refractivity contribution in [2.24, 2.45) is 0 Å². The number of rotatable bonds is 4. The highest BCUT2D eigenvalue weighted by atomic mass is 79.9. The van der Waals surface area contributed by atoms with Crippen LogP contribution in [-0.2, 0) is 0 Å². The molecule has 0 aromatic rings. The summed E-state index contributed by atoms with van der Waals surface area (Å²) in [5.74, 6) is 0. The molecule has 0 aromatic carbocycles. The minimum Gasteiger partial charge on any atom is -0.283 e. The summed E-state index contributed by atoms with van der Waals surface area (Å²) in [6.07, 6.45) is 0. The molecule has 0 amide bonds. The summed E-state index contributed by atoms with van der Waals surface area (Å²) >= 11 is 3.27. The van der Waals surface area contributed by atoms with Gasteiger partial charge in [0.05, 0.1) is 12.6 Å². The van der Waals surface area contributed by atoms with E-state index in [1.807, 2.05) is 4.90 Å². The molecule has 11 heavy (non-hydrogen) atoms. The Kier molecular flexibility index (Phi) is 5.18. The van der Waals surface area contributed by atoms with Crippen molar-refractivity contribution in [2.45, 2.75) is 19.9 Å². The van der Waals surface area contributed by atoms with Crippen LogP contribution in [0.3, 0.4) is 0 Å². The van der Waals surface area contributed by atoms with Crippen molar-refractivity contribution in [3.63, 3.8) is 0 Å². The zero-order valence-electron chi connectivity index (χ0n) is 6.97. The van der Waals surface area contributed by atoms with Crippen molar-refractivity contribution in [2.75, 3.05) is 13.1 Å². The molecule has 0 unspecified atom stereocenters. The number of halogens is 1. The predicted octanol–water partition coefficient (Wildman–Crippen LogP) is 2.13. The lowest BCUT2D eigenvalue weighted by molar-refractivity contribution is 0.275. The van der Waals surface area contributed by atoms with E-state index in [1.165, 1.54) is 0 Å². The molecule has 0 rings (SSSR count). The van der Waals surface area contributed by atoms with Crippen LogP contribution in [0.2, 0.25) is 0 Å². The largest absolute Gasteiger partial charge is 0.283 e. The van der Waals surface area contributed by atoms with E-state index in [-0.39, 0.29) is 0 Å². The summed E-state index contributed by atoms with van der Waals surface area (Å²) in [5.41, 5.74) is 0. The average Bonchev–Trinajstić information content (AvgIpc) is 1.86. The molecule has 62 valence electrons. The van der Waals surface area contributed by atoms with Crippen LogP contribution in [0.1, 0.15) is 13.8 Å². The van der Waals surface area contributed by atoms with Crippen LogP contribution in [0.5, 0.6) is 0 Å². The Balaban J connectivity index is 3.91. The lowest BCUT2D eigenvalue weighted by Crippen LogP contribution is -2.32. The highest BCUT2D eigenvalue weighted by Gasteiger charge is 2.07. The SMILES string of the molecule is C=C(Br)CN(CC#N)C(C)C. The maximum atomic E-state index is 8.46. The van der Waals surface area contributed by atoms with Crippen LogP contribution in [0.25, 0.3) is 0 Å². The van der Waals surface area contributed by atoms with E-state index in [0.717, 1.165) is 11.0 Å². The van der Waals surface area contributed by atoms with Gasteiger partial charge in [-0.25, -0.2) is 0 Å². The Hall–Kier alpha value is -0.330. The second-order valence-corrected chi connectivity index (χ2v) is 3.80. The molecular formula is C8H13BrN2. The molecular weight excluding hydrogens is 204 g/mol. The number of nitrogens with zero attached hydrogens (tertiary/aromatic N) is 2. The third kappa shape index (κ3) is 5.00. The highest BCUT2D eigenvalue weighted by Crippen LogP contribution is 2.06. The second kappa shape index (κ2) is 5.34. The van der Waals surface area contributed by atoms with Crippen molar-refractivity contribution in [3.05, 3.63) is 11.1 Å². The molecule has 0 saturated heterocycles. The fourth-order valence-electron chi connectivity index (χ4n) is 0.732. The summed E-state index contributed by atoms with van der Waals surface area (Å²) < 4.78 is 0.918. The third-order valence-corrected chi connectivity index (χ3v) is 1.63. The van der Waals surface area contributed by atoms with Gasteiger partial charge in [0.25, 0.3) is 0 Å². The Bertz CT molecular complexity index is 169. The second-order valence-electron chi connectivity index (χ2n) is 2.67. The van der Waals surface area contributed by atoms with Crippen molar-refractivity contribution >= 4 is 15.9 Å². The van der Waals surface area contributed by atoms with E-state index in [0.29, 0.717) is 12.6 Å². The smallest absolute Gasteiger partial charge is 0.0871 e. The molecule has 0 saturated carbocycles. The fourth-order valence-corrected chi connectivity index (χ4v) is 1.05. The van der Waals surface area contributed by atoms with Crippen LogP contribution >= 0.6 is 15.9 Å². The van der Waals surface area contributed by atoms with Gasteiger partial charge in [-0.15, -0.1) is 0 Å². The van der Waals surface area contributed by atoms with Crippen LogP contribution in [0.4, 0.5) is 0 Å². The summed E-state index contributed by atoms with van der Waals surface area (Å²) in [7, 11) is 0. The Morgan fingerprint density at radius 1 is 1.73 bits per heavy atom. The van der Waals surface area contributed by atoms with E-state index in [1.54, 1.807) is 0 Å². The molecule has 2 nitrogen and oxygen atoms in total. The highest BCUT2D eigenvalue weighted by molar-refractivity contribution is 9.11. The first kappa shape index (κ1) is 10.7. The molecule has 0 aliphatic rings. The molecule has 0 radical (unpaired) electrons. The molecule has 3 heteroatoms. The molecule has 0 spiro atoms. The third-order valence-electron chi connectivity index (χ3n) is 1.38. The predicted molar refractivity (Wildman–Crippen MR) is 50.4 cm³/mol. The number of hydrogen-bond acceptors (Lipinski definition) is 2. The normalized spacial score (nSPS) is 10.2. The van der Waals surface area contributed by atoms with Gasteiger partial charge in [-0.3, -0.25) is 4.90 Å². The molecule has 0 N–H and O–H groups in total. The first-order chi connectivity index (χ1) is 5.07. The zero-order chi connectivity index (χ0) is 8.85. The van der Waals surface area contributed by atoms with Crippen LogP contribution < -0.4 is 0 Å². The van der Waals surface area contributed by atoms with Crippen molar-refractivity contribution < 1.29 is 0 Å². The minimum absolute atomic E-state index is 0.393. The number of nitriles is 1. The summed E-state index contributed by atoms with van der Waals surface area (Å²) in [4.78, 5) is 2.04. The van der Waals surface area contributed by atoms with Crippen molar-refractivity contribution in [1.29, 1.82) is 5.26 Å². The van der Waals surface area contributed by atoms with Crippen molar-refractivity contribution in [1.82, 2.24) is 4.90 Å². The Labute approximate surface area is 76.6 Å². The topological polar surface area (TPSA) is 27.0 Å². The van der Waals surface area contributed by atoms with Crippen molar-refractivity contribution in [3.8, 4) is 6.07 Å². The molecule has 0 bridgehead atoms. The van der Waals surface area contributed by atoms with Crippen LogP contribution in [-0.4, -0.2) is 24.0 Å². The summed E-state index contributed by atoms with van der Waals surface area (Å²) in [6.45, 7) is 9.05. The molecule has 0 aromatic heterocycles. The maximum absolute atomic E-state index is 8.46. The Morgan fingerprint density at radius 2 is 2.27 bits per heavy atom. The quantitative estimate of drug-likeness (QED) is 0.674. The van der Waals surface area contributed by atoms with E-state index >= 15 is 0 Å². The minimum atomic E-state index is 0.393. The lowest BCUT2D eigenvalue weighted by Gasteiger charge is -2.22. The van der Waals surface area contributed by atoms with Gasteiger partial charge in [0.2, 0.25) is 0 Å². The monoisotopic (exact) mass is 216 g/mol. The standard InChI is InChI=1S/C8H13BrN2/c1-7(2)11(5-4-10)6-8(3)9/h7H,3,5-6H2,1-2H3. The van der Waals surface area contributed by atoms with Gasteiger partial charge in [0, 0.05) is 17.1 Å². The van der Waals surface area contributed by atoms with E-state index in [2.05, 4.69) is 42.4 Å². The first-order valence-corrected chi connectivity index (χ1v) is 4.31. The van der Waals surface area contributed by atoms with Gasteiger partial charge in [-0.2, -0.15) is 5.26 Å². The first-order valence-electron chi connectivity index (χ1n) is 3.52. The van der Waals surface area contributed by atoms with Gasteiger partial charge < -0.3 is 0 Å². The molecule has 0 aliphatic heterocycles. The van der Waals surface area contributed by atoms with E-state index in [4.69, 9.17) is 5.26 Å². The fraction of sp³-hybridized carbons (Fsp3) is 0.625. The maximum Gasteiger partial charge on any atom is 0.0871 e. The van der Waals surface area contributed by atoms with Gasteiger partial charge in [-0.05, 0) is 13.8 Å². The lowest BCUT2D eigenvalue weighted by atomic mass is 10.3. The molecule has 0 fully saturated rings. The molecule has 0 heterocycles. The summed E-state index contributed by atoms with van der Waals surface area (Å²) in [6, 6.07) is 2.51. The average molecular weight is 217 g/mol. The van der Waals surface area contributed by atoms with E-state index in [9.17, 15) is 0 Å².